The van der Waals surface area contributed by atoms with Crippen molar-refractivity contribution in [3.05, 3.63) is 28.8 Å². The van der Waals surface area contributed by atoms with Crippen LogP contribution in [-0.4, -0.2) is 32.8 Å². The third kappa shape index (κ3) is 2.92. The molecule has 1 aliphatic rings. The first kappa shape index (κ1) is 12.7. The third-order valence-corrected chi connectivity index (χ3v) is 3.38. The number of ether oxygens (including phenoxy) is 1. The smallest absolute Gasteiger partial charge is 0.0722 e. The van der Waals surface area contributed by atoms with Crippen molar-refractivity contribution in [2.24, 2.45) is 0 Å². The molecular weight excluding hydrogens is 236 g/mol. The molecule has 1 N–H and O–H groups in total. The Hall–Kier alpha value is -0.770. The van der Waals surface area contributed by atoms with Crippen LogP contribution >= 0.6 is 11.6 Å². The van der Waals surface area contributed by atoms with Gasteiger partial charge in [0.15, 0.2) is 0 Å². The van der Waals surface area contributed by atoms with Gasteiger partial charge in [0.2, 0.25) is 0 Å². The van der Waals surface area contributed by atoms with E-state index >= 15 is 0 Å². The molecule has 0 saturated carbocycles. The van der Waals surface area contributed by atoms with Crippen LogP contribution in [0, 0.1) is 0 Å². The number of nitrogens with one attached hydrogen (secondary N) is 1. The minimum atomic E-state index is 0.283. The molecule has 94 valence electrons. The van der Waals surface area contributed by atoms with Crippen LogP contribution in [0.3, 0.4) is 0 Å². The lowest BCUT2D eigenvalue weighted by atomic mass is 10.1. The minimum absolute atomic E-state index is 0.283. The van der Waals surface area contributed by atoms with E-state index in [0.717, 1.165) is 31.3 Å². The van der Waals surface area contributed by atoms with E-state index in [4.69, 9.17) is 16.3 Å². The molecule has 4 heteroatoms. The molecule has 1 saturated heterocycles. The number of hydrogen-bond acceptors (Lipinski definition) is 3. The van der Waals surface area contributed by atoms with Gasteiger partial charge in [-0.05, 0) is 26.1 Å². The summed E-state index contributed by atoms with van der Waals surface area (Å²) in [5, 5.41) is 4.00. The molecule has 0 radical (unpaired) electrons. The normalized spacial score (nSPS) is 20.6. The van der Waals surface area contributed by atoms with Gasteiger partial charge in [-0.2, -0.15) is 0 Å². The second-order valence-electron chi connectivity index (χ2n) is 4.40. The maximum atomic E-state index is 6.27. The summed E-state index contributed by atoms with van der Waals surface area (Å²) in [6, 6.07) is 6.09. The van der Waals surface area contributed by atoms with Gasteiger partial charge in [0.1, 0.15) is 0 Å². The van der Waals surface area contributed by atoms with Gasteiger partial charge in [-0.1, -0.05) is 17.7 Å². The van der Waals surface area contributed by atoms with E-state index in [1.807, 2.05) is 19.2 Å². The van der Waals surface area contributed by atoms with E-state index in [0.29, 0.717) is 0 Å². The Labute approximate surface area is 108 Å². The first-order valence-corrected chi connectivity index (χ1v) is 6.38. The summed E-state index contributed by atoms with van der Waals surface area (Å²) in [6.07, 6.45) is 0.283. The molecule has 0 bridgehead atoms. The molecule has 0 aliphatic carbocycles. The van der Waals surface area contributed by atoms with Crippen LogP contribution in [0.15, 0.2) is 18.2 Å². The Bertz CT molecular complexity index is 384. The fraction of sp³-hybridized carbons (Fsp3) is 0.538. The average Bonchev–Trinajstić information content (AvgIpc) is 2.32. The summed E-state index contributed by atoms with van der Waals surface area (Å²) < 4.78 is 5.57. The molecule has 1 aromatic rings. The van der Waals surface area contributed by atoms with Crippen molar-refractivity contribution >= 4 is 17.3 Å². The fourth-order valence-corrected chi connectivity index (χ4v) is 2.47. The third-order valence-electron chi connectivity index (χ3n) is 3.03. The van der Waals surface area contributed by atoms with Crippen molar-refractivity contribution in [3.8, 4) is 0 Å². The Morgan fingerprint density at radius 3 is 3.06 bits per heavy atom. The molecule has 3 nitrogen and oxygen atoms in total. The highest BCUT2D eigenvalue weighted by molar-refractivity contribution is 6.31. The van der Waals surface area contributed by atoms with Crippen molar-refractivity contribution < 1.29 is 4.74 Å². The highest BCUT2D eigenvalue weighted by Gasteiger charge is 2.19. The average molecular weight is 255 g/mol. The van der Waals surface area contributed by atoms with Crippen LogP contribution in [-0.2, 0) is 11.3 Å². The maximum Gasteiger partial charge on any atom is 0.0722 e. The molecule has 1 atom stereocenters. The van der Waals surface area contributed by atoms with E-state index < -0.39 is 0 Å². The van der Waals surface area contributed by atoms with Gasteiger partial charge >= 0.3 is 0 Å². The zero-order valence-electron chi connectivity index (χ0n) is 10.4. The van der Waals surface area contributed by atoms with Gasteiger partial charge in [-0.15, -0.1) is 0 Å². The second kappa shape index (κ2) is 5.71. The summed E-state index contributed by atoms with van der Waals surface area (Å²) in [7, 11) is 1.94. The number of benzene rings is 1. The largest absolute Gasteiger partial charge is 0.375 e. The first-order valence-electron chi connectivity index (χ1n) is 6.01. The topological polar surface area (TPSA) is 24.5 Å². The number of hydrogen-bond donors (Lipinski definition) is 1. The molecule has 2 rings (SSSR count). The van der Waals surface area contributed by atoms with Gasteiger partial charge in [-0.3, -0.25) is 0 Å². The van der Waals surface area contributed by atoms with Crippen LogP contribution in [0.25, 0.3) is 0 Å². The summed E-state index contributed by atoms with van der Waals surface area (Å²) in [5.74, 6) is 0. The quantitative estimate of drug-likeness (QED) is 0.896. The lowest BCUT2D eigenvalue weighted by Gasteiger charge is -2.34. The van der Waals surface area contributed by atoms with E-state index in [-0.39, 0.29) is 6.10 Å². The Kier molecular flexibility index (Phi) is 4.26. The maximum absolute atomic E-state index is 6.27. The van der Waals surface area contributed by atoms with Gasteiger partial charge in [0.25, 0.3) is 0 Å². The fourth-order valence-electron chi connectivity index (χ4n) is 2.23. The van der Waals surface area contributed by atoms with Gasteiger partial charge in [-0.25, -0.2) is 0 Å². The summed E-state index contributed by atoms with van der Waals surface area (Å²) in [6.45, 7) is 5.54. The van der Waals surface area contributed by atoms with Gasteiger partial charge in [0, 0.05) is 35.9 Å². The molecule has 0 aromatic heterocycles. The molecule has 0 spiro atoms. The van der Waals surface area contributed by atoms with Crippen molar-refractivity contribution in [3.63, 3.8) is 0 Å². The number of nitrogens with zero attached hydrogens (tertiary/aromatic N) is 1. The van der Waals surface area contributed by atoms with E-state index in [1.54, 1.807) is 0 Å². The van der Waals surface area contributed by atoms with Crippen molar-refractivity contribution in [2.75, 3.05) is 31.6 Å². The van der Waals surface area contributed by atoms with Crippen LogP contribution in [0.5, 0.6) is 0 Å². The van der Waals surface area contributed by atoms with Crippen molar-refractivity contribution in [2.45, 2.75) is 19.6 Å². The van der Waals surface area contributed by atoms with E-state index in [2.05, 4.69) is 23.2 Å². The predicted molar refractivity (Wildman–Crippen MR) is 71.8 cm³/mol. The Morgan fingerprint density at radius 2 is 2.35 bits per heavy atom. The first-order chi connectivity index (χ1) is 8.22. The highest BCUT2D eigenvalue weighted by Crippen LogP contribution is 2.28. The lowest BCUT2D eigenvalue weighted by Crippen LogP contribution is -2.41. The number of halogens is 1. The lowest BCUT2D eigenvalue weighted by molar-refractivity contribution is 0.0531. The summed E-state index contributed by atoms with van der Waals surface area (Å²) in [5.41, 5.74) is 2.40. The molecule has 1 heterocycles. The predicted octanol–water partition coefficient (Wildman–Crippen LogP) is 2.28. The van der Waals surface area contributed by atoms with E-state index in [1.165, 1.54) is 11.3 Å². The van der Waals surface area contributed by atoms with Crippen LogP contribution in [0.1, 0.15) is 12.5 Å². The number of rotatable bonds is 3. The van der Waals surface area contributed by atoms with Crippen molar-refractivity contribution in [1.82, 2.24) is 5.32 Å². The van der Waals surface area contributed by atoms with Gasteiger partial charge in [0.05, 0.1) is 12.7 Å². The summed E-state index contributed by atoms with van der Waals surface area (Å²) in [4.78, 5) is 2.35. The Morgan fingerprint density at radius 1 is 1.53 bits per heavy atom. The number of morpholine rings is 1. The van der Waals surface area contributed by atoms with Crippen LogP contribution < -0.4 is 10.2 Å². The van der Waals surface area contributed by atoms with E-state index in [9.17, 15) is 0 Å². The number of anilines is 1. The SMILES string of the molecule is CNCc1c(Cl)cccc1N1CCOC(C)C1. The van der Waals surface area contributed by atoms with Crippen LogP contribution in [0.2, 0.25) is 5.02 Å². The van der Waals surface area contributed by atoms with Crippen molar-refractivity contribution in [1.29, 1.82) is 0 Å². The summed E-state index contributed by atoms with van der Waals surface area (Å²) >= 11 is 6.27. The zero-order valence-corrected chi connectivity index (χ0v) is 11.1. The Balaban J connectivity index is 2.27. The van der Waals surface area contributed by atoms with Gasteiger partial charge < -0.3 is 15.0 Å². The monoisotopic (exact) mass is 254 g/mol. The zero-order chi connectivity index (χ0) is 12.3. The molecular formula is C13H19ClN2O. The molecule has 1 aromatic carbocycles. The molecule has 1 fully saturated rings. The molecule has 1 aliphatic heterocycles. The van der Waals surface area contributed by atoms with Crippen LogP contribution in [0.4, 0.5) is 5.69 Å². The second-order valence-corrected chi connectivity index (χ2v) is 4.80. The minimum Gasteiger partial charge on any atom is -0.375 e. The highest BCUT2D eigenvalue weighted by atomic mass is 35.5. The molecule has 1 unspecified atom stereocenters. The standard InChI is InChI=1S/C13H19ClN2O/c1-10-9-16(6-7-17-10)13-5-3-4-12(14)11(13)8-15-2/h3-5,10,15H,6-9H2,1-2H3. The molecule has 17 heavy (non-hydrogen) atoms. The molecule has 0 amide bonds.